The molecule has 2 N–H and O–H groups in total. The molecule has 0 fully saturated rings. The standard InChI is InChI=1S/C17H17N3O2/c1-11(2)16-20-14-9-8-13(10-15(14)22-16)19-17(21)18-12-6-4-3-5-7-12/h3-11H,1-2H3,(H2,18,19,21). The first-order valence-corrected chi connectivity index (χ1v) is 7.15. The Labute approximate surface area is 128 Å². The number of fused-ring (bicyclic) bond motifs is 1. The first kappa shape index (κ1) is 14.1. The molecule has 5 nitrogen and oxygen atoms in total. The Morgan fingerprint density at radius 1 is 1.05 bits per heavy atom. The number of urea groups is 1. The number of oxazole rings is 1. The fourth-order valence-corrected chi connectivity index (χ4v) is 2.08. The smallest absolute Gasteiger partial charge is 0.323 e. The molecule has 112 valence electrons. The van der Waals surface area contributed by atoms with Crippen molar-refractivity contribution in [3.05, 3.63) is 54.4 Å². The molecular weight excluding hydrogens is 278 g/mol. The average molecular weight is 295 g/mol. The lowest BCUT2D eigenvalue weighted by Crippen LogP contribution is -2.19. The number of carbonyl (C=O) groups is 1. The van der Waals surface area contributed by atoms with Crippen LogP contribution in [0.2, 0.25) is 0 Å². The largest absolute Gasteiger partial charge is 0.440 e. The van der Waals surface area contributed by atoms with E-state index in [1.54, 1.807) is 12.1 Å². The van der Waals surface area contributed by atoms with Gasteiger partial charge in [-0.15, -0.1) is 0 Å². The fourth-order valence-electron chi connectivity index (χ4n) is 2.08. The molecule has 1 aromatic heterocycles. The maximum atomic E-state index is 12.0. The Morgan fingerprint density at radius 2 is 1.77 bits per heavy atom. The van der Waals surface area contributed by atoms with Gasteiger partial charge < -0.3 is 15.1 Å². The summed E-state index contributed by atoms with van der Waals surface area (Å²) in [4.78, 5) is 16.4. The highest BCUT2D eigenvalue weighted by atomic mass is 16.3. The third-order valence-corrected chi connectivity index (χ3v) is 3.19. The van der Waals surface area contributed by atoms with E-state index in [0.717, 1.165) is 11.2 Å². The Hall–Kier alpha value is -2.82. The van der Waals surface area contributed by atoms with Gasteiger partial charge in [0.2, 0.25) is 0 Å². The molecule has 3 aromatic rings. The molecule has 0 aliphatic heterocycles. The van der Waals surface area contributed by atoms with Crippen LogP contribution in [0.1, 0.15) is 25.7 Å². The summed E-state index contributed by atoms with van der Waals surface area (Å²) in [6.45, 7) is 4.05. The molecule has 2 aromatic carbocycles. The number of amides is 2. The monoisotopic (exact) mass is 295 g/mol. The molecule has 0 spiro atoms. The summed E-state index contributed by atoms with van der Waals surface area (Å²) in [5, 5.41) is 5.55. The van der Waals surface area contributed by atoms with Crippen LogP contribution in [-0.4, -0.2) is 11.0 Å². The van der Waals surface area contributed by atoms with Crippen molar-refractivity contribution < 1.29 is 9.21 Å². The lowest BCUT2D eigenvalue weighted by Gasteiger charge is -2.07. The van der Waals surface area contributed by atoms with Crippen LogP contribution in [0.25, 0.3) is 11.1 Å². The number of carbonyl (C=O) groups excluding carboxylic acids is 1. The van der Waals surface area contributed by atoms with Crippen LogP contribution in [0.3, 0.4) is 0 Å². The predicted molar refractivity (Wildman–Crippen MR) is 87.2 cm³/mol. The Kier molecular flexibility index (Phi) is 3.78. The third-order valence-electron chi connectivity index (χ3n) is 3.19. The molecule has 0 aliphatic rings. The van der Waals surface area contributed by atoms with Crippen molar-refractivity contribution in [2.75, 3.05) is 10.6 Å². The number of benzene rings is 2. The molecule has 5 heteroatoms. The zero-order valence-corrected chi connectivity index (χ0v) is 12.5. The van der Waals surface area contributed by atoms with Gasteiger partial charge in [0, 0.05) is 23.4 Å². The van der Waals surface area contributed by atoms with E-state index in [1.165, 1.54) is 0 Å². The first-order valence-electron chi connectivity index (χ1n) is 7.15. The maximum absolute atomic E-state index is 12.0. The minimum absolute atomic E-state index is 0.227. The molecule has 0 saturated heterocycles. The third kappa shape index (κ3) is 3.09. The Bertz CT molecular complexity index is 794. The molecule has 3 rings (SSSR count). The summed E-state index contributed by atoms with van der Waals surface area (Å²) >= 11 is 0. The van der Waals surface area contributed by atoms with Crippen LogP contribution in [0.15, 0.2) is 52.9 Å². The molecule has 1 heterocycles. The summed E-state index contributed by atoms with van der Waals surface area (Å²) in [5.41, 5.74) is 2.86. The molecule has 22 heavy (non-hydrogen) atoms. The molecule has 2 amide bonds. The SMILES string of the molecule is CC(C)c1nc2ccc(NC(=O)Nc3ccccc3)cc2o1. The summed E-state index contributed by atoms with van der Waals surface area (Å²) < 4.78 is 5.69. The van der Waals surface area contributed by atoms with E-state index in [0.29, 0.717) is 17.2 Å². The number of nitrogens with zero attached hydrogens (tertiary/aromatic N) is 1. The van der Waals surface area contributed by atoms with Gasteiger partial charge in [-0.3, -0.25) is 0 Å². The highest BCUT2D eigenvalue weighted by Gasteiger charge is 2.10. The number of hydrogen-bond donors (Lipinski definition) is 2. The van der Waals surface area contributed by atoms with E-state index < -0.39 is 0 Å². The van der Waals surface area contributed by atoms with Crippen molar-refractivity contribution in [1.29, 1.82) is 0 Å². The zero-order valence-electron chi connectivity index (χ0n) is 12.5. The summed E-state index contributed by atoms with van der Waals surface area (Å²) in [6.07, 6.45) is 0. The summed E-state index contributed by atoms with van der Waals surface area (Å²) in [6, 6.07) is 14.4. The van der Waals surface area contributed by atoms with Gasteiger partial charge in [-0.2, -0.15) is 0 Å². The first-order chi connectivity index (χ1) is 10.6. The second kappa shape index (κ2) is 5.89. The lowest BCUT2D eigenvalue weighted by atomic mass is 10.2. The molecule has 0 aliphatic carbocycles. The lowest BCUT2D eigenvalue weighted by molar-refractivity contribution is 0.262. The molecule has 0 saturated carbocycles. The van der Waals surface area contributed by atoms with Crippen LogP contribution in [-0.2, 0) is 0 Å². The maximum Gasteiger partial charge on any atom is 0.323 e. The van der Waals surface area contributed by atoms with Crippen LogP contribution < -0.4 is 10.6 Å². The van der Waals surface area contributed by atoms with Crippen molar-refractivity contribution in [1.82, 2.24) is 4.98 Å². The van der Waals surface area contributed by atoms with Crippen LogP contribution in [0.5, 0.6) is 0 Å². The van der Waals surface area contributed by atoms with Crippen molar-refractivity contribution in [3.63, 3.8) is 0 Å². The molecule has 0 atom stereocenters. The van der Waals surface area contributed by atoms with Gasteiger partial charge >= 0.3 is 6.03 Å². The second-order valence-corrected chi connectivity index (χ2v) is 5.33. The molecule has 0 bridgehead atoms. The zero-order chi connectivity index (χ0) is 15.5. The van der Waals surface area contributed by atoms with E-state index in [-0.39, 0.29) is 11.9 Å². The Balaban J connectivity index is 1.74. The van der Waals surface area contributed by atoms with Gasteiger partial charge in [0.05, 0.1) is 0 Å². The normalized spacial score (nSPS) is 10.9. The number of para-hydroxylation sites is 1. The fraction of sp³-hybridized carbons (Fsp3) is 0.176. The van der Waals surface area contributed by atoms with Gasteiger partial charge in [-0.25, -0.2) is 9.78 Å². The molecular formula is C17H17N3O2. The van der Waals surface area contributed by atoms with Gasteiger partial charge in [0.15, 0.2) is 11.5 Å². The van der Waals surface area contributed by atoms with Crippen LogP contribution >= 0.6 is 0 Å². The van der Waals surface area contributed by atoms with E-state index in [9.17, 15) is 4.79 Å². The highest BCUT2D eigenvalue weighted by molar-refractivity contribution is 6.00. The van der Waals surface area contributed by atoms with Gasteiger partial charge in [0.1, 0.15) is 5.52 Å². The number of nitrogens with one attached hydrogen (secondary N) is 2. The Morgan fingerprint density at radius 3 is 2.50 bits per heavy atom. The van der Waals surface area contributed by atoms with E-state index in [2.05, 4.69) is 15.6 Å². The number of anilines is 2. The topological polar surface area (TPSA) is 67.2 Å². The highest BCUT2D eigenvalue weighted by Crippen LogP contribution is 2.24. The number of hydrogen-bond acceptors (Lipinski definition) is 3. The van der Waals surface area contributed by atoms with Gasteiger partial charge in [-0.1, -0.05) is 32.0 Å². The minimum atomic E-state index is -0.297. The molecule has 0 radical (unpaired) electrons. The minimum Gasteiger partial charge on any atom is -0.440 e. The van der Waals surface area contributed by atoms with Crippen LogP contribution in [0, 0.1) is 0 Å². The number of rotatable bonds is 3. The molecule has 0 unspecified atom stereocenters. The summed E-state index contributed by atoms with van der Waals surface area (Å²) in [7, 11) is 0. The average Bonchev–Trinajstić information content (AvgIpc) is 2.91. The second-order valence-electron chi connectivity index (χ2n) is 5.33. The number of aromatic nitrogens is 1. The van der Waals surface area contributed by atoms with Crippen molar-refractivity contribution >= 4 is 28.5 Å². The van der Waals surface area contributed by atoms with Crippen LogP contribution in [0.4, 0.5) is 16.2 Å². The van der Waals surface area contributed by atoms with Gasteiger partial charge in [0.25, 0.3) is 0 Å². The predicted octanol–water partition coefficient (Wildman–Crippen LogP) is 4.60. The van der Waals surface area contributed by atoms with Crippen molar-refractivity contribution in [2.24, 2.45) is 0 Å². The van der Waals surface area contributed by atoms with E-state index >= 15 is 0 Å². The van der Waals surface area contributed by atoms with Crippen molar-refractivity contribution in [2.45, 2.75) is 19.8 Å². The van der Waals surface area contributed by atoms with E-state index in [4.69, 9.17) is 4.42 Å². The summed E-state index contributed by atoms with van der Waals surface area (Å²) in [5.74, 6) is 0.922. The van der Waals surface area contributed by atoms with Crippen molar-refractivity contribution in [3.8, 4) is 0 Å². The van der Waals surface area contributed by atoms with E-state index in [1.807, 2.05) is 50.2 Å². The quantitative estimate of drug-likeness (QED) is 0.742. The van der Waals surface area contributed by atoms with Gasteiger partial charge in [-0.05, 0) is 24.3 Å².